The predicted octanol–water partition coefficient (Wildman–Crippen LogP) is 5.84. The molecule has 0 fully saturated rings. The molecule has 0 atom stereocenters. The van der Waals surface area contributed by atoms with Gasteiger partial charge in [0.2, 0.25) is 5.13 Å². The highest BCUT2D eigenvalue weighted by atomic mass is 32.1. The lowest BCUT2D eigenvalue weighted by Gasteiger charge is -2.08. The summed E-state index contributed by atoms with van der Waals surface area (Å²) < 4.78 is 11.2. The summed E-state index contributed by atoms with van der Waals surface area (Å²) >= 11 is 1.52. The van der Waals surface area contributed by atoms with E-state index in [1.54, 1.807) is 13.3 Å². The van der Waals surface area contributed by atoms with Crippen LogP contribution in [0, 0.1) is 0 Å². The van der Waals surface area contributed by atoms with Crippen LogP contribution in [0.25, 0.3) is 11.3 Å². The second-order valence-electron chi connectivity index (χ2n) is 6.49. The first-order valence-electron chi connectivity index (χ1n) is 9.46. The van der Waals surface area contributed by atoms with Gasteiger partial charge in [-0.1, -0.05) is 54.6 Å². The number of anilines is 1. The summed E-state index contributed by atoms with van der Waals surface area (Å²) in [5.74, 6) is 1.60. The normalized spacial score (nSPS) is 10.8. The van der Waals surface area contributed by atoms with Crippen LogP contribution >= 0.6 is 11.3 Å². The monoisotopic (exact) mass is 415 g/mol. The first-order chi connectivity index (χ1) is 14.8. The topological polar surface area (TPSA) is 55.7 Å². The molecule has 0 radical (unpaired) electrons. The van der Waals surface area contributed by atoms with Gasteiger partial charge in [-0.3, -0.25) is 5.43 Å². The number of nitrogens with one attached hydrogen (secondary N) is 1. The molecule has 3 aromatic carbocycles. The number of benzene rings is 3. The third-order valence-corrected chi connectivity index (χ3v) is 5.09. The number of ether oxygens (including phenoxy) is 2. The van der Waals surface area contributed by atoms with Crippen molar-refractivity contribution in [3.8, 4) is 22.8 Å². The first-order valence-corrected chi connectivity index (χ1v) is 10.3. The fraction of sp³-hybridized carbons (Fsp3) is 0.0833. The van der Waals surface area contributed by atoms with Crippen LogP contribution in [0.1, 0.15) is 11.1 Å². The highest BCUT2D eigenvalue weighted by molar-refractivity contribution is 7.14. The van der Waals surface area contributed by atoms with Crippen LogP contribution in [0.3, 0.4) is 0 Å². The summed E-state index contributed by atoms with van der Waals surface area (Å²) in [6.07, 6.45) is 1.75. The van der Waals surface area contributed by atoms with Crippen molar-refractivity contribution in [2.45, 2.75) is 6.61 Å². The highest BCUT2D eigenvalue weighted by Crippen LogP contribution is 2.24. The van der Waals surface area contributed by atoms with Crippen molar-refractivity contribution in [2.75, 3.05) is 12.5 Å². The van der Waals surface area contributed by atoms with E-state index in [1.807, 2.05) is 84.2 Å². The maximum atomic E-state index is 5.90. The molecule has 30 heavy (non-hydrogen) atoms. The minimum Gasteiger partial charge on any atom is -0.497 e. The fourth-order valence-electron chi connectivity index (χ4n) is 2.84. The summed E-state index contributed by atoms with van der Waals surface area (Å²) in [6, 6.07) is 25.7. The Labute approximate surface area is 179 Å². The van der Waals surface area contributed by atoms with Gasteiger partial charge in [-0.05, 0) is 35.4 Å². The number of thiazole rings is 1. The average Bonchev–Trinajstić information content (AvgIpc) is 3.28. The van der Waals surface area contributed by atoms with Gasteiger partial charge >= 0.3 is 0 Å². The van der Waals surface area contributed by atoms with Crippen LogP contribution in [-0.4, -0.2) is 18.3 Å². The number of nitrogens with zero attached hydrogens (tertiary/aromatic N) is 2. The number of hydrazone groups is 1. The van der Waals surface area contributed by atoms with Crippen LogP contribution < -0.4 is 14.9 Å². The quantitative estimate of drug-likeness (QED) is 0.290. The minimum atomic E-state index is 0.470. The molecule has 0 unspecified atom stereocenters. The molecular formula is C24H21N3O2S. The Morgan fingerprint density at radius 3 is 2.67 bits per heavy atom. The summed E-state index contributed by atoms with van der Waals surface area (Å²) in [5.41, 5.74) is 7.01. The second-order valence-corrected chi connectivity index (χ2v) is 7.34. The maximum Gasteiger partial charge on any atom is 0.203 e. The van der Waals surface area contributed by atoms with E-state index in [9.17, 15) is 0 Å². The van der Waals surface area contributed by atoms with E-state index in [-0.39, 0.29) is 0 Å². The molecule has 0 aliphatic rings. The van der Waals surface area contributed by atoms with Gasteiger partial charge in [0.1, 0.15) is 18.1 Å². The van der Waals surface area contributed by atoms with Crippen molar-refractivity contribution in [3.05, 3.63) is 95.4 Å². The lowest BCUT2D eigenvalue weighted by molar-refractivity contribution is 0.305. The zero-order valence-corrected chi connectivity index (χ0v) is 17.3. The van der Waals surface area contributed by atoms with Gasteiger partial charge in [-0.2, -0.15) is 5.10 Å². The molecule has 1 heterocycles. The lowest BCUT2D eigenvalue weighted by Crippen LogP contribution is -1.97. The molecular weight excluding hydrogens is 394 g/mol. The van der Waals surface area contributed by atoms with Crippen molar-refractivity contribution in [1.29, 1.82) is 0 Å². The maximum absolute atomic E-state index is 5.90. The zero-order chi connectivity index (χ0) is 20.6. The standard InChI is InChI=1S/C24H21N3O2S/c1-28-21-11-6-8-19(14-21)16-29-22-12-5-7-18(13-22)15-25-27-24-26-23(17-30-24)20-9-3-2-4-10-20/h2-15,17H,16H2,1H3,(H,26,27). The second kappa shape index (κ2) is 9.71. The Morgan fingerprint density at radius 1 is 0.967 bits per heavy atom. The van der Waals surface area contributed by atoms with Crippen LogP contribution in [0.4, 0.5) is 5.13 Å². The molecule has 0 saturated carbocycles. The molecule has 1 aromatic heterocycles. The molecule has 4 rings (SSSR count). The molecule has 150 valence electrons. The summed E-state index contributed by atoms with van der Waals surface area (Å²) in [4.78, 5) is 4.57. The number of hydrogen-bond donors (Lipinski definition) is 1. The third-order valence-electron chi connectivity index (χ3n) is 4.35. The average molecular weight is 416 g/mol. The van der Waals surface area contributed by atoms with Crippen molar-refractivity contribution in [3.63, 3.8) is 0 Å². The molecule has 0 spiro atoms. The zero-order valence-electron chi connectivity index (χ0n) is 16.5. The van der Waals surface area contributed by atoms with E-state index in [0.29, 0.717) is 6.61 Å². The largest absolute Gasteiger partial charge is 0.497 e. The molecule has 1 N–H and O–H groups in total. The van der Waals surface area contributed by atoms with Crippen molar-refractivity contribution in [1.82, 2.24) is 4.98 Å². The molecule has 6 heteroatoms. The molecule has 0 saturated heterocycles. The molecule has 0 amide bonds. The van der Waals surface area contributed by atoms with E-state index >= 15 is 0 Å². The number of hydrogen-bond acceptors (Lipinski definition) is 6. The van der Waals surface area contributed by atoms with Gasteiger partial charge < -0.3 is 9.47 Å². The SMILES string of the molecule is COc1cccc(COc2cccc(C=NNc3nc(-c4ccccc4)cs3)c2)c1. The van der Waals surface area contributed by atoms with E-state index in [1.165, 1.54) is 11.3 Å². The summed E-state index contributed by atoms with van der Waals surface area (Å²) in [7, 11) is 1.66. The third kappa shape index (κ3) is 5.24. The van der Waals surface area contributed by atoms with Crippen molar-refractivity contribution in [2.24, 2.45) is 5.10 Å². The number of methoxy groups -OCH3 is 1. The van der Waals surface area contributed by atoms with Crippen LogP contribution in [-0.2, 0) is 6.61 Å². The molecule has 4 aromatic rings. The van der Waals surface area contributed by atoms with Crippen LogP contribution in [0.15, 0.2) is 89.3 Å². The molecule has 0 aliphatic carbocycles. The fourth-order valence-corrected chi connectivity index (χ4v) is 3.51. The Kier molecular flexibility index (Phi) is 6.37. The van der Waals surface area contributed by atoms with Gasteiger partial charge in [-0.25, -0.2) is 4.98 Å². The van der Waals surface area contributed by atoms with Crippen molar-refractivity contribution < 1.29 is 9.47 Å². The van der Waals surface area contributed by atoms with Gasteiger partial charge in [-0.15, -0.1) is 11.3 Å². The number of aromatic nitrogens is 1. The summed E-state index contributed by atoms with van der Waals surface area (Å²) in [5, 5.41) is 7.06. The van der Waals surface area contributed by atoms with Gasteiger partial charge in [0.15, 0.2) is 0 Å². The van der Waals surface area contributed by atoms with Gasteiger partial charge in [0.05, 0.1) is 19.0 Å². The van der Waals surface area contributed by atoms with Gasteiger partial charge in [0.25, 0.3) is 0 Å². The lowest BCUT2D eigenvalue weighted by atomic mass is 10.2. The number of rotatable bonds is 8. The smallest absolute Gasteiger partial charge is 0.203 e. The Bertz CT molecular complexity index is 1130. The Morgan fingerprint density at radius 2 is 1.80 bits per heavy atom. The Hall–Kier alpha value is -3.64. The molecule has 0 bridgehead atoms. The Balaban J connectivity index is 1.35. The summed E-state index contributed by atoms with van der Waals surface area (Å²) in [6.45, 7) is 0.470. The minimum absolute atomic E-state index is 0.470. The van der Waals surface area contributed by atoms with Crippen LogP contribution in [0.5, 0.6) is 11.5 Å². The van der Waals surface area contributed by atoms with E-state index < -0.39 is 0 Å². The first kappa shape index (κ1) is 19.7. The highest BCUT2D eigenvalue weighted by Gasteiger charge is 2.03. The predicted molar refractivity (Wildman–Crippen MR) is 123 cm³/mol. The van der Waals surface area contributed by atoms with Crippen molar-refractivity contribution >= 4 is 22.7 Å². The van der Waals surface area contributed by atoms with Crippen LogP contribution in [0.2, 0.25) is 0 Å². The van der Waals surface area contributed by atoms with E-state index in [4.69, 9.17) is 9.47 Å². The van der Waals surface area contributed by atoms with E-state index in [2.05, 4.69) is 15.5 Å². The molecule has 5 nitrogen and oxygen atoms in total. The van der Waals surface area contributed by atoms with Gasteiger partial charge in [0, 0.05) is 10.9 Å². The molecule has 0 aliphatic heterocycles. The van der Waals surface area contributed by atoms with E-state index in [0.717, 1.165) is 39.0 Å².